The number of piperazine rings is 1. The van der Waals surface area contributed by atoms with Crippen LogP contribution in [-0.4, -0.2) is 85.4 Å². The number of nitro groups is 1. The van der Waals surface area contributed by atoms with E-state index in [9.17, 15) is 24.5 Å². The number of carbonyl (C=O) groups excluding carboxylic acids is 3. The van der Waals surface area contributed by atoms with Gasteiger partial charge in [0.2, 0.25) is 11.6 Å². The van der Waals surface area contributed by atoms with Crippen LogP contribution in [0.3, 0.4) is 0 Å². The lowest BCUT2D eigenvalue weighted by Gasteiger charge is -2.35. The zero-order valence-corrected chi connectivity index (χ0v) is 17.9. The average Bonchev–Trinajstić information content (AvgIpc) is 3.40. The average molecular weight is 448 g/mol. The number of aromatic amines is 1. The minimum Gasteiger partial charge on any atom is -0.450 e. The van der Waals surface area contributed by atoms with Crippen LogP contribution in [0, 0.1) is 17.0 Å². The number of aromatic nitrogens is 4. The number of rotatable bonds is 6. The molecule has 32 heavy (non-hydrogen) atoms. The maximum Gasteiger partial charge on any atom is 0.409 e. The molecule has 1 atom stereocenters. The monoisotopic (exact) mass is 448 g/mol. The molecule has 3 amide bonds. The summed E-state index contributed by atoms with van der Waals surface area (Å²) in [5.74, 6) is -0.927. The van der Waals surface area contributed by atoms with E-state index in [1.54, 1.807) is 30.6 Å². The van der Waals surface area contributed by atoms with Crippen molar-refractivity contribution in [1.82, 2.24) is 29.8 Å². The smallest absolute Gasteiger partial charge is 0.409 e. The number of carbonyl (C=O) groups is 3. The molecule has 0 aliphatic carbocycles. The Labute approximate surface area is 182 Å². The molecule has 1 fully saturated rings. The summed E-state index contributed by atoms with van der Waals surface area (Å²) < 4.78 is 6.40. The van der Waals surface area contributed by atoms with Crippen LogP contribution in [-0.2, 0) is 9.53 Å². The molecule has 1 unspecified atom stereocenters. The molecule has 172 valence electrons. The summed E-state index contributed by atoms with van der Waals surface area (Å²) in [6.07, 6.45) is 2.05. The number of hydrogen-bond donors (Lipinski definition) is 2. The van der Waals surface area contributed by atoms with Gasteiger partial charge in [-0.1, -0.05) is 0 Å². The highest BCUT2D eigenvalue weighted by molar-refractivity contribution is 6.05. The number of ether oxygens (including phenoxy) is 1. The van der Waals surface area contributed by atoms with Crippen LogP contribution in [0.2, 0.25) is 0 Å². The second-order valence-corrected chi connectivity index (χ2v) is 7.14. The zero-order valence-electron chi connectivity index (χ0n) is 17.9. The number of nitrogens with one attached hydrogen (secondary N) is 2. The van der Waals surface area contributed by atoms with Gasteiger partial charge in [0.05, 0.1) is 22.9 Å². The summed E-state index contributed by atoms with van der Waals surface area (Å²) in [6, 6.07) is -0.657. The third-order valence-electron chi connectivity index (χ3n) is 5.08. The fraction of sp³-hybridized carbons (Fsp3) is 0.500. The van der Waals surface area contributed by atoms with Crippen LogP contribution in [0.4, 0.5) is 16.2 Å². The molecule has 0 saturated carbocycles. The van der Waals surface area contributed by atoms with E-state index in [-0.39, 0.29) is 11.6 Å². The Kier molecular flexibility index (Phi) is 6.70. The van der Waals surface area contributed by atoms with E-state index in [0.29, 0.717) is 44.2 Å². The van der Waals surface area contributed by atoms with Gasteiger partial charge in [-0.05, 0) is 20.8 Å². The molecule has 0 aromatic carbocycles. The first kappa shape index (κ1) is 22.7. The summed E-state index contributed by atoms with van der Waals surface area (Å²) in [6.45, 7) is 6.84. The fourth-order valence-corrected chi connectivity index (χ4v) is 3.27. The van der Waals surface area contributed by atoms with Crippen LogP contribution in [0.15, 0.2) is 12.4 Å². The van der Waals surface area contributed by atoms with Gasteiger partial charge in [0.15, 0.2) is 0 Å². The number of aryl methyl sites for hydroxylation is 1. The van der Waals surface area contributed by atoms with Crippen LogP contribution in [0.25, 0.3) is 0 Å². The third-order valence-corrected chi connectivity index (χ3v) is 5.08. The van der Waals surface area contributed by atoms with Gasteiger partial charge in [0, 0.05) is 32.4 Å². The van der Waals surface area contributed by atoms with Gasteiger partial charge < -0.3 is 19.9 Å². The molecule has 1 aliphatic rings. The maximum atomic E-state index is 12.9. The lowest BCUT2D eigenvalue weighted by Crippen LogP contribution is -2.52. The second-order valence-electron chi connectivity index (χ2n) is 7.14. The van der Waals surface area contributed by atoms with Crippen molar-refractivity contribution in [3.8, 4) is 0 Å². The Morgan fingerprint density at radius 2 is 1.94 bits per heavy atom. The SMILES string of the molecule is CCOC(=O)N1CCN(C(=O)C(C)n2cc(NC(=O)c3[nH]ncc3[N+](=O)[O-])c(C)n2)CC1. The van der Waals surface area contributed by atoms with Crippen LogP contribution < -0.4 is 5.32 Å². The molecular formula is C18H24N8O6. The Balaban J connectivity index is 1.64. The third kappa shape index (κ3) is 4.68. The molecule has 2 aromatic heterocycles. The minimum atomic E-state index is -0.745. The maximum absolute atomic E-state index is 12.9. The van der Waals surface area contributed by atoms with E-state index in [0.717, 1.165) is 6.20 Å². The van der Waals surface area contributed by atoms with Crippen molar-refractivity contribution in [1.29, 1.82) is 0 Å². The van der Waals surface area contributed by atoms with Crippen molar-refractivity contribution in [2.75, 3.05) is 38.1 Å². The highest BCUT2D eigenvalue weighted by Gasteiger charge is 2.29. The van der Waals surface area contributed by atoms with E-state index < -0.39 is 28.7 Å². The number of hydrogen-bond acceptors (Lipinski definition) is 8. The number of H-pyrrole nitrogens is 1. The van der Waals surface area contributed by atoms with Crippen LogP contribution in [0.1, 0.15) is 36.1 Å². The quantitative estimate of drug-likeness (QED) is 0.486. The molecule has 14 heteroatoms. The molecular weight excluding hydrogens is 424 g/mol. The molecule has 1 aliphatic heterocycles. The molecule has 2 aromatic rings. The Hall–Kier alpha value is -3.97. The predicted octanol–water partition coefficient (Wildman–Crippen LogP) is 0.937. The summed E-state index contributed by atoms with van der Waals surface area (Å²) in [7, 11) is 0. The Bertz CT molecular complexity index is 1020. The van der Waals surface area contributed by atoms with Gasteiger partial charge in [-0.3, -0.25) is 29.5 Å². The Morgan fingerprint density at radius 1 is 1.28 bits per heavy atom. The van der Waals surface area contributed by atoms with Crippen molar-refractivity contribution in [3.63, 3.8) is 0 Å². The van der Waals surface area contributed by atoms with E-state index >= 15 is 0 Å². The first-order valence-corrected chi connectivity index (χ1v) is 9.98. The Morgan fingerprint density at radius 3 is 2.56 bits per heavy atom. The van der Waals surface area contributed by atoms with E-state index in [2.05, 4.69) is 20.6 Å². The van der Waals surface area contributed by atoms with E-state index in [1.165, 1.54) is 10.9 Å². The van der Waals surface area contributed by atoms with Crippen molar-refractivity contribution < 1.29 is 24.0 Å². The summed E-state index contributed by atoms with van der Waals surface area (Å²) in [5, 5.41) is 23.7. The first-order chi connectivity index (χ1) is 15.2. The van der Waals surface area contributed by atoms with Gasteiger partial charge in [-0.25, -0.2) is 4.79 Å². The van der Waals surface area contributed by atoms with Crippen LogP contribution >= 0.6 is 0 Å². The van der Waals surface area contributed by atoms with E-state index in [1.807, 2.05) is 0 Å². The van der Waals surface area contributed by atoms with Gasteiger partial charge in [-0.15, -0.1) is 0 Å². The molecule has 0 radical (unpaired) electrons. The minimum absolute atomic E-state index is 0.182. The topological polar surface area (TPSA) is 169 Å². The highest BCUT2D eigenvalue weighted by atomic mass is 16.6. The standard InChI is InChI=1S/C18H24N8O6/c1-4-32-18(29)24-7-5-23(6-8-24)17(28)12(3)25-10-13(11(2)22-25)20-16(27)15-14(26(30)31)9-19-21-15/h9-10,12H,4-8H2,1-3H3,(H,19,21)(H,20,27). The van der Waals surface area contributed by atoms with Gasteiger partial charge in [0.25, 0.3) is 5.91 Å². The highest BCUT2D eigenvalue weighted by Crippen LogP contribution is 2.21. The molecule has 3 rings (SSSR count). The van der Waals surface area contributed by atoms with Crippen molar-refractivity contribution in [2.24, 2.45) is 0 Å². The van der Waals surface area contributed by atoms with Gasteiger partial charge >= 0.3 is 11.8 Å². The number of anilines is 1. The summed E-state index contributed by atoms with van der Waals surface area (Å²) >= 11 is 0. The first-order valence-electron chi connectivity index (χ1n) is 9.98. The van der Waals surface area contributed by atoms with Gasteiger partial charge in [0.1, 0.15) is 12.2 Å². The van der Waals surface area contributed by atoms with Crippen LogP contribution in [0.5, 0.6) is 0 Å². The molecule has 2 N–H and O–H groups in total. The molecule has 1 saturated heterocycles. The second kappa shape index (κ2) is 9.45. The summed E-state index contributed by atoms with van der Waals surface area (Å²) in [5.41, 5.74) is 0.0155. The lowest BCUT2D eigenvalue weighted by molar-refractivity contribution is -0.385. The fourth-order valence-electron chi connectivity index (χ4n) is 3.27. The number of nitrogens with zero attached hydrogens (tertiary/aromatic N) is 6. The predicted molar refractivity (Wildman–Crippen MR) is 110 cm³/mol. The number of amides is 3. The van der Waals surface area contributed by atoms with Crippen molar-refractivity contribution in [2.45, 2.75) is 26.8 Å². The largest absolute Gasteiger partial charge is 0.450 e. The van der Waals surface area contributed by atoms with Gasteiger partial charge in [-0.2, -0.15) is 10.2 Å². The molecule has 3 heterocycles. The van der Waals surface area contributed by atoms with E-state index in [4.69, 9.17) is 4.74 Å². The lowest BCUT2D eigenvalue weighted by atomic mass is 10.2. The van der Waals surface area contributed by atoms with Crippen molar-refractivity contribution >= 4 is 29.3 Å². The zero-order chi connectivity index (χ0) is 23.4. The molecule has 0 bridgehead atoms. The summed E-state index contributed by atoms with van der Waals surface area (Å²) in [4.78, 5) is 50.6. The van der Waals surface area contributed by atoms with Crippen molar-refractivity contribution in [3.05, 3.63) is 33.9 Å². The molecule has 14 nitrogen and oxygen atoms in total. The molecule has 0 spiro atoms. The normalized spacial score (nSPS) is 14.7.